The van der Waals surface area contributed by atoms with E-state index in [9.17, 15) is 4.39 Å². The Kier molecular flexibility index (Phi) is 12.2. The highest BCUT2D eigenvalue weighted by Crippen LogP contribution is 2.37. The third kappa shape index (κ3) is 8.49. The Labute approximate surface area is 151 Å². The van der Waals surface area contributed by atoms with Crippen LogP contribution in [0.1, 0.15) is 104 Å². The van der Waals surface area contributed by atoms with Crippen molar-refractivity contribution < 1.29 is 4.39 Å². The maximum atomic E-state index is 13.0. The highest BCUT2D eigenvalue weighted by atomic mass is 19.1. The van der Waals surface area contributed by atoms with Gasteiger partial charge >= 0.3 is 0 Å². The van der Waals surface area contributed by atoms with Crippen molar-refractivity contribution in [3.63, 3.8) is 0 Å². The summed E-state index contributed by atoms with van der Waals surface area (Å²) in [5.41, 5.74) is 1.29. The zero-order valence-electron chi connectivity index (χ0n) is 16.5. The summed E-state index contributed by atoms with van der Waals surface area (Å²) >= 11 is 0. The van der Waals surface area contributed by atoms with Crippen LogP contribution in [0.3, 0.4) is 0 Å². The largest absolute Gasteiger partial charge is 0.216 e. The fourth-order valence-corrected chi connectivity index (χ4v) is 4.38. The van der Waals surface area contributed by atoms with Crippen molar-refractivity contribution >= 4 is 0 Å². The van der Waals surface area contributed by atoms with E-state index in [-0.39, 0.29) is 0 Å². The van der Waals surface area contributed by atoms with Gasteiger partial charge in [0.2, 0.25) is 0 Å². The minimum atomic E-state index is 0.597. The molecule has 0 N–H and O–H groups in total. The Morgan fingerprint density at radius 1 is 0.917 bits per heavy atom. The molecule has 0 aromatic heterocycles. The summed E-state index contributed by atoms with van der Waals surface area (Å²) in [4.78, 5) is 0. The molecule has 0 nitrogen and oxygen atoms in total. The van der Waals surface area contributed by atoms with E-state index >= 15 is 0 Å². The van der Waals surface area contributed by atoms with Crippen molar-refractivity contribution in [1.82, 2.24) is 0 Å². The quantitative estimate of drug-likeness (QED) is 0.248. The molecule has 0 heterocycles. The lowest BCUT2D eigenvalue weighted by Gasteiger charge is -2.30. The molecule has 1 aliphatic rings. The Morgan fingerprint density at radius 3 is 2.25 bits per heavy atom. The molecule has 0 aromatic rings. The Bertz CT molecular complexity index is 347. The summed E-state index contributed by atoms with van der Waals surface area (Å²) in [7, 11) is 0. The van der Waals surface area contributed by atoms with Gasteiger partial charge in [-0.05, 0) is 67.9 Å². The minimum Gasteiger partial charge on any atom is -0.216 e. The second-order valence-corrected chi connectivity index (χ2v) is 7.86. The predicted octanol–water partition coefficient (Wildman–Crippen LogP) is 8.39. The van der Waals surface area contributed by atoms with E-state index in [1.165, 1.54) is 89.0 Å². The van der Waals surface area contributed by atoms with Crippen LogP contribution in [0.5, 0.6) is 0 Å². The van der Waals surface area contributed by atoms with Crippen LogP contribution in [0.4, 0.5) is 4.39 Å². The smallest absolute Gasteiger partial charge is 0.0869 e. The lowest BCUT2D eigenvalue weighted by atomic mass is 9.76. The van der Waals surface area contributed by atoms with E-state index in [1.807, 2.05) is 0 Å². The third-order valence-corrected chi connectivity index (χ3v) is 5.79. The van der Waals surface area contributed by atoms with E-state index in [1.54, 1.807) is 6.08 Å². The second kappa shape index (κ2) is 13.7. The van der Waals surface area contributed by atoms with Gasteiger partial charge in [-0.1, -0.05) is 71.8 Å². The maximum absolute atomic E-state index is 13.0. The number of unbranched alkanes of at least 4 members (excludes halogenated alkanes) is 3. The van der Waals surface area contributed by atoms with Gasteiger partial charge in [0.15, 0.2) is 0 Å². The van der Waals surface area contributed by atoms with Gasteiger partial charge in [-0.15, -0.1) is 0 Å². The van der Waals surface area contributed by atoms with Crippen LogP contribution in [0.25, 0.3) is 0 Å². The molecular weight excluding hydrogens is 295 g/mol. The van der Waals surface area contributed by atoms with Crippen LogP contribution in [0, 0.1) is 17.8 Å². The van der Waals surface area contributed by atoms with E-state index in [2.05, 4.69) is 26.8 Å². The first-order valence-corrected chi connectivity index (χ1v) is 10.7. The first-order chi connectivity index (χ1) is 11.7. The first-order valence-electron chi connectivity index (χ1n) is 10.7. The Balaban J connectivity index is 2.63. The molecule has 140 valence electrons. The van der Waals surface area contributed by atoms with Crippen LogP contribution in [-0.4, -0.2) is 0 Å². The molecule has 1 atom stereocenters. The predicted molar refractivity (Wildman–Crippen MR) is 106 cm³/mol. The van der Waals surface area contributed by atoms with Crippen molar-refractivity contribution in [2.24, 2.45) is 17.8 Å². The number of hydrogen-bond acceptors (Lipinski definition) is 0. The summed E-state index contributed by atoms with van der Waals surface area (Å²) in [5.74, 6) is 2.16. The molecule has 1 aliphatic carbocycles. The molecule has 0 amide bonds. The van der Waals surface area contributed by atoms with Crippen LogP contribution in [0.15, 0.2) is 24.1 Å². The number of allylic oxidation sites excluding steroid dienone is 3. The molecule has 0 bridgehead atoms. The molecule has 1 unspecified atom stereocenters. The van der Waals surface area contributed by atoms with Crippen LogP contribution in [-0.2, 0) is 0 Å². The highest BCUT2D eigenvalue weighted by molar-refractivity contribution is 5.22. The third-order valence-electron chi connectivity index (χ3n) is 5.79. The van der Waals surface area contributed by atoms with Gasteiger partial charge in [0, 0.05) is 0 Å². The Morgan fingerprint density at radius 2 is 1.67 bits per heavy atom. The van der Waals surface area contributed by atoms with Gasteiger partial charge in [0.1, 0.15) is 0 Å². The summed E-state index contributed by atoms with van der Waals surface area (Å²) in [6, 6.07) is 0. The summed E-state index contributed by atoms with van der Waals surface area (Å²) in [5, 5.41) is 0. The van der Waals surface area contributed by atoms with E-state index in [0.717, 1.165) is 12.2 Å². The van der Waals surface area contributed by atoms with E-state index < -0.39 is 0 Å². The average molecular weight is 337 g/mol. The van der Waals surface area contributed by atoms with Gasteiger partial charge in [-0.3, -0.25) is 0 Å². The van der Waals surface area contributed by atoms with Crippen molar-refractivity contribution in [1.29, 1.82) is 0 Å². The molecule has 0 spiro atoms. The molecule has 1 rings (SSSR count). The van der Waals surface area contributed by atoms with Crippen molar-refractivity contribution in [2.45, 2.75) is 104 Å². The fraction of sp³-hybridized carbons (Fsp3) is 0.826. The SMILES string of the molecule is CCCCCCC(/C=C(\C=C\F)C1CCC(CCC)CC1)CCC. The average Bonchev–Trinajstić information content (AvgIpc) is 2.59. The molecule has 0 radical (unpaired) electrons. The number of hydrogen-bond donors (Lipinski definition) is 0. The lowest BCUT2D eigenvalue weighted by Crippen LogP contribution is -2.16. The minimum absolute atomic E-state index is 0.597. The molecule has 1 saturated carbocycles. The van der Waals surface area contributed by atoms with E-state index in [0.29, 0.717) is 11.8 Å². The summed E-state index contributed by atoms with van der Waals surface area (Å²) in [6.07, 6.45) is 21.9. The first kappa shape index (κ1) is 21.5. The van der Waals surface area contributed by atoms with Gasteiger partial charge in [0.25, 0.3) is 0 Å². The number of rotatable bonds is 12. The van der Waals surface area contributed by atoms with Crippen LogP contribution >= 0.6 is 0 Å². The van der Waals surface area contributed by atoms with E-state index in [4.69, 9.17) is 0 Å². The van der Waals surface area contributed by atoms with Gasteiger partial charge in [-0.25, -0.2) is 4.39 Å². The normalized spacial score (nSPS) is 23.8. The monoisotopic (exact) mass is 336 g/mol. The second-order valence-electron chi connectivity index (χ2n) is 7.86. The zero-order chi connectivity index (χ0) is 17.6. The topological polar surface area (TPSA) is 0 Å². The zero-order valence-corrected chi connectivity index (χ0v) is 16.5. The van der Waals surface area contributed by atoms with Gasteiger partial charge in [0.05, 0.1) is 6.33 Å². The molecule has 1 fully saturated rings. The van der Waals surface area contributed by atoms with Crippen LogP contribution in [0.2, 0.25) is 0 Å². The van der Waals surface area contributed by atoms with Crippen molar-refractivity contribution in [3.05, 3.63) is 24.1 Å². The summed E-state index contributed by atoms with van der Waals surface area (Å²) < 4.78 is 13.0. The molecule has 24 heavy (non-hydrogen) atoms. The Hall–Kier alpha value is -0.590. The fourth-order valence-electron chi connectivity index (χ4n) is 4.38. The van der Waals surface area contributed by atoms with Gasteiger partial charge < -0.3 is 0 Å². The highest BCUT2D eigenvalue weighted by Gasteiger charge is 2.23. The van der Waals surface area contributed by atoms with Gasteiger partial charge in [-0.2, -0.15) is 0 Å². The van der Waals surface area contributed by atoms with Crippen molar-refractivity contribution in [3.8, 4) is 0 Å². The number of halogens is 1. The molecular formula is C23H41F. The summed E-state index contributed by atoms with van der Waals surface area (Å²) in [6.45, 7) is 6.83. The molecule has 0 aliphatic heterocycles. The lowest BCUT2D eigenvalue weighted by molar-refractivity contribution is 0.287. The van der Waals surface area contributed by atoms with Crippen LogP contribution < -0.4 is 0 Å². The molecule has 0 aromatic carbocycles. The molecule has 1 heteroatoms. The van der Waals surface area contributed by atoms with Crippen molar-refractivity contribution in [2.75, 3.05) is 0 Å². The maximum Gasteiger partial charge on any atom is 0.0869 e. The standard InChI is InChI=1S/C23H41F/c1-4-7-8-9-12-21(11-6-3)19-23(17-18-24)22-15-13-20(10-5-2)14-16-22/h17-22H,4-16H2,1-3H3/b18-17+,23-19+. The molecule has 0 saturated heterocycles.